The summed E-state index contributed by atoms with van der Waals surface area (Å²) in [6.45, 7) is 4.35. The van der Waals surface area contributed by atoms with Gasteiger partial charge in [-0.05, 0) is 6.92 Å². The summed E-state index contributed by atoms with van der Waals surface area (Å²) in [6.07, 6.45) is 0.987. The number of fused-ring (bicyclic) bond motifs is 1. The first-order chi connectivity index (χ1) is 11.7. The third-order valence-corrected chi connectivity index (χ3v) is 3.92. The Morgan fingerprint density at radius 1 is 1.00 bits per heavy atom. The average Bonchev–Trinajstić information content (AvgIpc) is 2.50. The molecule has 1 aliphatic carbocycles. The summed E-state index contributed by atoms with van der Waals surface area (Å²) in [5.74, 6) is -3.02. The highest BCUT2D eigenvalue weighted by Gasteiger charge is 2.37. The molecule has 0 saturated heterocycles. The van der Waals surface area contributed by atoms with Crippen LogP contribution in [-0.2, 0) is 19.1 Å². The van der Waals surface area contributed by atoms with Crippen LogP contribution in [-0.4, -0.2) is 29.1 Å². The molecule has 0 N–H and O–H groups in total. The maximum absolute atomic E-state index is 12.8. The van der Waals surface area contributed by atoms with Gasteiger partial charge in [-0.2, -0.15) is 0 Å². The van der Waals surface area contributed by atoms with Crippen molar-refractivity contribution in [3.63, 3.8) is 0 Å². The molecule has 0 saturated carbocycles. The van der Waals surface area contributed by atoms with Crippen molar-refractivity contribution in [3.05, 3.63) is 58.4 Å². The molecule has 1 aromatic carbocycles. The van der Waals surface area contributed by atoms with Gasteiger partial charge in [0, 0.05) is 37.0 Å². The molecule has 0 bridgehead atoms. The van der Waals surface area contributed by atoms with Gasteiger partial charge in [-0.15, -0.1) is 0 Å². The van der Waals surface area contributed by atoms with E-state index in [0.717, 1.165) is 6.08 Å². The smallest absolute Gasteiger partial charge is 0.337 e. The van der Waals surface area contributed by atoms with Crippen LogP contribution in [0.3, 0.4) is 0 Å². The zero-order chi connectivity index (χ0) is 18.4. The van der Waals surface area contributed by atoms with E-state index in [9.17, 15) is 19.2 Å². The largest absolute Gasteiger partial charge is 0.457 e. The number of allylic oxidation sites excluding steroid dienone is 2. The molecule has 0 unspecified atom stereocenters. The minimum Gasteiger partial charge on any atom is -0.457 e. The fourth-order valence-electron chi connectivity index (χ4n) is 3.00. The van der Waals surface area contributed by atoms with Crippen LogP contribution in [0.1, 0.15) is 47.9 Å². The molecular formula is C19H16O6. The van der Waals surface area contributed by atoms with Gasteiger partial charge >= 0.3 is 5.97 Å². The van der Waals surface area contributed by atoms with Gasteiger partial charge in [0.1, 0.15) is 5.76 Å². The molecule has 6 heteroatoms. The Kier molecular flexibility index (Phi) is 3.91. The maximum Gasteiger partial charge on any atom is 0.337 e. The molecule has 1 aliphatic heterocycles. The van der Waals surface area contributed by atoms with E-state index in [1.54, 1.807) is 32.0 Å². The van der Waals surface area contributed by atoms with Gasteiger partial charge < -0.3 is 9.47 Å². The summed E-state index contributed by atoms with van der Waals surface area (Å²) < 4.78 is 10.6. The first-order valence-corrected chi connectivity index (χ1v) is 7.74. The van der Waals surface area contributed by atoms with Crippen LogP contribution in [0.2, 0.25) is 0 Å². The van der Waals surface area contributed by atoms with Gasteiger partial charge in [-0.3, -0.25) is 14.4 Å². The van der Waals surface area contributed by atoms with Crippen molar-refractivity contribution in [1.29, 1.82) is 0 Å². The lowest BCUT2D eigenvalue weighted by molar-refractivity contribution is -0.205. The molecule has 6 nitrogen and oxygen atoms in total. The van der Waals surface area contributed by atoms with Crippen molar-refractivity contribution in [2.45, 2.75) is 33.0 Å². The van der Waals surface area contributed by atoms with Crippen LogP contribution in [0.15, 0.2) is 47.2 Å². The summed E-state index contributed by atoms with van der Waals surface area (Å²) in [7, 11) is 0. The Morgan fingerprint density at radius 2 is 1.60 bits per heavy atom. The van der Waals surface area contributed by atoms with E-state index in [1.165, 1.54) is 13.0 Å². The number of hydrogen-bond acceptors (Lipinski definition) is 6. The van der Waals surface area contributed by atoms with E-state index in [1.807, 2.05) is 0 Å². The second-order valence-electron chi connectivity index (χ2n) is 6.32. The number of carbonyl (C=O) groups is 4. The second kappa shape index (κ2) is 5.81. The minimum atomic E-state index is -1.18. The number of rotatable bonds is 3. The number of esters is 1. The molecular weight excluding hydrogens is 324 g/mol. The summed E-state index contributed by atoms with van der Waals surface area (Å²) >= 11 is 0. The van der Waals surface area contributed by atoms with Gasteiger partial charge in [-0.1, -0.05) is 24.3 Å². The molecule has 3 rings (SSSR count). The van der Waals surface area contributed by atoms with E-state index in [2.05, 4.69) is 0 Å². The number of ether oxygens (including phenoxy) is 2. The molecule has 25 heavy (non-hydrogen) atoms. The van der Waals surface area contributed by atoms with Gasteiger partial charge in [0.15, 0.2) is 17.3 Å². The van der Waals surface area contributed by atoms with Crippen molar-refractivity contribution < 1.29 is 28.7 Å². The van der Waals surface area contributed by atoms with E-state index < -0.39 is 29.1 Å². The predicted octanol–water partition coefficient (Wildman–Crippen LogP) is 2.53. The van der Waals surface area contributed by atoms with Crippen LogP contribution in [0.4, 0.5) is 0 Å². The minimum absolute atomic E-state index is 0.0351. The Labute approximate surface area is 144 Å². The van der Waals surface area contributed by atoms with Crippen LogP contribution in [0.5, 0.6) is 0 Å². The lowest BCUT2D eigenvalue weighted by atomic mass is 9.81. The molecule has 0 spiro atoms. The first-order valence-electron chi connectivity index (χ1n) is 7.74. The number of cyclic esters (lactones) is 1. The quantitative estimate of drug-likeness (QED) is 0.621. The highest BCUT2D eigenvalue weighted by Crippen LogP contribution is 2.33. The summed E-state index contributed by atoms with van der Waals surface area (Å²) in [5.41, 5.74) is 0.323. The zero-order valence-electron chi connectivity index (χ0n) is 14.0. The number of carbonyl (C=O) groups excluding carboxylic acids is 4. The van der Waals surface area contributed by atoms with Crippen LogP contribution < -0.4 is 0 Å². The molecule has 0 amide bonds. The summed E-state index contributed by atoms with van der Waals surface area (Å²) in [5, 5.41) is 0. The number of benzene rings is 1. The first kappa shape index (κ1) is 16.8. The monoisotopic (exact) mass is 340 g/mol. The molecule has 0 radical (unpaired) electrons. The van der Waals surface area contributed by atoms with Gasteiger partial charge in [0.05, 0.1) is 11.6 Å². The SMILES string of the molecule is CC(=O)C1=C(CC2=CC(=O)OC(C)(C)O2)C(=O)c2ccccc2C1=O. The fourth-order valence-corrected chi connectivity index (χ4v) is 3.00. The summed E-state index contributed by atoms with van der Waals surface area (Å²) in [4.78, 5) is 49.2. The van der Waals surface area contributed by atoms with Gasteiger partial charge in [0.25, 0.3) is 0 Å². The topological polar surface area (TPSA) is 86.7 Å². The van der Waals surface area contributed by atoms with Gasteiger partial charge in [0.2, 0.25) is 5.79 Å². The molecule has 128 valence electrons. The molecule has 0 fully saturated rings. The van der Waals surface area contributed by atoms with E-state index in [0.29, 0.717) is 0 Å². The van der Waals surface area contributed by atoms with Crippen molar-refractivity contribution in [2.75, 3.05) is 0 Å². The van der Waals surface area contributed by atoms with Crippen LogP contribution in [0.25, 0.3) is 0 Å². The molecule has 2 aliphatic rings. The van der Waals surface area contributed by atoms with Crippen molar-refractivity contribution in [3.8, 4) is 0 Å². The normalized spacial score (nSPS) is 19.0. The lowest BCUT2D eigenvalue weighted by Gasteiger charge is -2.31. The van der Waals surface area contributed by atoms with Crippen LogP contribution in [0, 0.1) is 0 Å². The van der Waals surface area contributed by atoms with Crippen LogP contribution >= 0.6 is 0 Å². The lowest BCUT2D eigenvalue weighted by Crippen LogP contribution is -2.35. The highest BCUT2D eigenvalue weighted by molar-refractivity contribution is 6.36. The Hall–Kier alpha value is -3.02. The number of ketones is 3. The van der Waals surface area contributed by atoms with E-state index in [4.69, 9.17) is 9.47 Å². The predicted molar refractivity (Wildman–Crippen MR) is 86.8 cm³/mol. The second-order valence-corrected chi connectivity index (χ2v) is 6.32. The molecule has 0 aromatic heterocycles. The van der Waals surface area contributed by atoms with E-state index in [-0.39, 0.29) is 34.5 Å². The van der Waals surface area contributed by atoms with E-state index >= 15 is 0 Å². The zero-order valence-corrected chi connectivity index (χ0v) is 14.0. The third kappa shape index (κ3) is 3.03. The number of Topliss-reactive ketones (excluding diaryl/α,β-unsaturated/α-hetero) is 3. The van der Waals surface area contributed by atoms with Crippen molar-refractivity contribution in [2.24, 2.45) is 0 Å². The molecule has 1 aromatic rings. The average molecular weight is 340 g/mol. The molecule has 0 atom stereocenters. The summed E-state index contributed by atoms with van der Waals surface area (Å²) in [6, 6.07) is 6.35. The van der Waals surface area contributed by atoms with Gasteiger partial charge in [-0.25, -0.2) is 4.79 Å². The third-order valence-electron chi connectivity index (χ3n) is 3.92. The molecule has 1 heterocycles. The Bertz CT molecular complexity index is 885. The van der Waals surface area contributed by atoms with Crippen molar-refractivity contribution in [1.82, 2.24) is 0 Å². The highest BCUT2D eigenvalue weighted by atomic mass is 16.7. The number of hydrogen-bond donors (Lipinski definition) is 0. The standard InChI is InChI=1S/C19H16O6/c1-10(20)16-14(8-11-9-15(21)25-19(2,3)24-11)17(22)12-6-4-5-7-13(12)18(16)23/h4-7,9H,8H2,1-3H3. The van der Waals surface area contributed by atoms with Crippen molar-refractivity contribution >= 4 is 23.3 Å². The maximum atomic E-state index is 12.8. The Morgan fingerprint density at radius 3 is 2.16 bits per heavy atom. The fraction of sp³-hybridized carbons (Fsp3) is 0.263. The Balaban J connectivity index is 2.08.